The summed E-state index contributed by atoms with van der Waals surface area (Å²) in [5.74, 6) is -1.56. The van der Waals surface area contributed by atoms with Crippen molar-refractivity contribution in [3.05, 3.63) is 60.2 Å². The molecule has 0 radical (unpaired) electrons. The minimum absolute atomic E-state index is 0.0833. The minimum Gasteiger partial charge on any atom is -0.479 e. The smallest absolute Gasteiger partial charge is 0.332 e. The number of hydrogen-bond acceptors (Lipinski definition) is 14. The number of aliphatic hydroxyl groups is 6. The van der Waals surface area contributed by atoms with Gasteiger partial charge in [-0.25, -0.2) is 4.79 Å². The number of aliphatic hydroxyl groups excluding tert-OH is 6. The monoisotopic (exact) mass is 789 g/mol. The Morgan fingerprint density at radius 2 is 1.45 bits per heavy atom. The summed E-state index contributed by atoms with van der Waals surface area (Å²) in [6.45, 7) is 0.753. The van der Waals surface area contributed by atoms with Crippen LogP contribution in [0.15, 0.2) is 54.6 Å². The molecule has 3 saturated heterocycles. The molecule has 16 nitrogen and oxygen atoms in total. The molecule has 14 atom stereocenters. The van der Waals surface area contributed by atoms with Crippen LogP contribution in [0.1, 0.15) is 62.2 Å². The molecule has 3 unspecified atom stereocenters. The Bertz CT molecular complexity index is 1540. The molecule has 1 amide bonds. The third-order valence-corrected chi connectivity index (χ3v) is 11.3. The number of ether oxygens (including phenoxy) is 6. The van der Waals surface area contributed by atoms with Crippen molar-refractivity contribution in [2.45, 2.75) is 138 Å². The van der Waals surface area contributed by atoms with Crippen LogP contribution in [0.5, 0.6) is 0 Å². The highest BCUT2D eigenvalue weighted by Gasteiger charge is 2.51. The van der Waals surface area contributed by atoms with Gasteiger partial charge in [-0.05, 0) is 48.9 Å². The van der Waals surface area contributed by atoms with E-state index in [0.29, 0.717) is 5.56 Å². The van der Waals surface area contributed by atoms with Gasteiger partial charge >= 0.3 is 5.97 Å². The van der Waals surface area contributed by atoms with E-state index in [4.69, 9.17) is 28.4 Å². The fourth-order valence-electron chi connectivity index (χ4n) is 7.98. The molecular weight excluding hydrogens is 734 g/mol. The van der Waals surface area contributed by atoms with Gasteiger partial charge in [-0.3, -0.25) is 4.79 Å². The summed E-state index contributed by atoms with van der Waals surface area (Å²) in [6, 6.07) is 16.7. The Hall–Kier alpha value is -3.10. The summed E-state index contributed by atoms with van der Waals surface area (Å²) in [7, 11) is 0. The molecular formula is C40H55NO15. The highest BCUT2D eigenvalue weighted by Crippen LogP contribution is 2.34. The Balaban J connectivity index is 1.19. The molecule has 2 aromatic carbocycles. The van der Waals surface area contributed by atoms with E-state index >= 15 is 0 Å². The topological polar surface area (TPSA) is 243 Å². The van der Waals surface area contributed by atoms with Crippen molar-refractivity contribution in [3.63, 3.8) is 0 Å². The van der Waals surface area contributed by atoms with Crippen LogP contribution in [0, 0.1) is 5.92 Å². The van der Waals surface area contributed by atoms with Crippen molar-refractivity contribution in [3.8, 4) is 11.1 Å². The van der Waals surface area contributed by atoms with E-state index < -0.39 is 104 Å². The fourth-order valence-corrected chi connectivity index (χ4v) is 7.98. The van der Waals surface area contributed by atoms with Crippen LogP contribution in [0.4, 0.5) is 0 Å². The lowest BCUT2D eigenvalue weighted by molar-refractivity contribution is -0.355. The SMILES string of the molecule is C[C@@H]1OC(OC2[C@@H](CNC(=O)c3ccc(-c4ccccc4)cc3)OCC[C@H]2O[C@@H]2O[C@H](CO)[C@H](O)[C@H](OC(CC3CCCCC3)C(=O)O)[C@H]2O)[C@@H](O)[C@H](O)[C@@H]1O. The van der Waals surface area contributed by atoms with E-state index in [9.17, 15) is 45.3 Å². The Kier molecular flexibility index (Phi) is 14.9. The van der Waals surface area contributed by atoms with E-state index in [-0.39, 0.29) is 31.9 Å². The van der Waals surface area contributed by atoms with Gasteiger partial charge in [0.1, 0.15) is 54.9 Å². The largest absolute Gasteiger partial charge is 0.479 e. The van der Waals surface area contributed by atoms with Crippen LogP contribution in [0.3, 0.4) is 0 Å². The quantitative estimate of drug-likeness (QED) is 0.132. The first-order chi connectivity index (χ1) is 26.9. The first-order valence-electron chi connectivity index (χ1n) is 19.5. The predicted molar refractivity (Wildman–Crippen MR) is 196 cm³/mol. The van der Waals surface area contributed by atoms with Crippen molar-refractivity contribution in [1.82, 2.24) is 5.32 Å². The van der Waals surface area contributed by atoms with Gasteiger partial charge in [0, 0.05) is 18.7 Å². The number of aliphatic carboxylic acids is 1. The number of carboxylic acids is 1. The standard InChI is InChI=1S/C40H55NO15/c1-21-30(43)32(45)33(46)39(52-21)56-35-26(16-17-51-28(35)19-41-37(48)25-14-12-24(13-15-25)23-10-6-3-7-11-23)54-40-34(47)36(31(44)29(20-42)55-40)53-27(38(49)50)18-22-8-4-2-5-9-22/h3,6-7,10-15,21-22,26-36,39-40,42-47H,2,4-5,8-9,16-20H2,1H3,(H,41,48)(H,49,50)/t21-,26+,27?,28+,29+,30+,31-,32+,33-,34+,35?,36-,39?,40+/m0/s1. The van der Waals surface area contributed by atoms with Crippen molar-refractivity contribution in [1.29, 1.82) is 0 Å². The summed E-state index contributed by atoms with van der Waals surface area (Å²) in [5.41, 5.74) is 2.30. The maximum absolute atomic E-state index is 13.3. The molecule has 3 heterocycles. The second-order valence-electron chi connectivity index (χ2n) is 15.2. The van der Waals surface area contributed by atoms with Gasteiger partial charge in [-0.2, -0.15) is 0 Å². The van der Waals surface area contributed by atoms with E-state index in [1.807, 2.05) is 42.5 Å². The molecule has 1 aliphatic carbocycles. The summed E-state index contributed by atoms with van der Waals surface area (Å²) >= 11 is 0. The predicted octanol–water partition coefficient (Wildman–Crippen LogP) is 0.718. The average molecular weight is 790 g/mol. The Morgan fingerprint density at radius 1 is 0.768 bits per heavy atom. The molecule has 0 bridgehead atoms. The van der Waals surface area contributed by atoms with Crippen LogP contribution in [-0.4, -0.2) is 153 Å². The van der Waals surface area contributed by atoms with Crippen LogP contribution in [0.2, 0.25) is 0 Å². The van der Waals surface area contributed by atoms with Gasteiger partial charge in [0.2, 0.25) is 0 Å². The molecule has 1 saturated carbocycles. The van der Waals surface area contributed by atoms with E-state index in [1.165, 1.54) is 6.92 Å². The number of benzene rings is 2. The molecule has 6 rings (SSSR count). The highest BCUT2D eigenvalue weighted by atomic mass is 16.7. The van der Waals surface area contributed by atoms with Crippen molar-refractivity contribution >= 4 is 11.9 Å². The van der Waals surface area contributed by atoms with Crippen molar-refractivity contribution < 1.29 is 73.8 Å². The second kappa shape index (κ2) is 19.6. The van der Waals surface area contributed by atoms with E-state index in [2.05, 4.69) is 5.32 Å². The normalized spacial score (nSPS) is 36.1. The Labute approximate surface area is 325 Å². The molecule has 8 N–H and O–H groups in total. The lowest BCUT2D eigenvalue weighted by atomic mass is 9.85. The van der Waals surface area contributed by atoms with E-state index in [0.717, 1.165) is 43.2 Å². The minimum atomic E-state index is -1.73. The number of nitrogens with one attached hydrogen (secondary N) is 1. The van der Waals surface area contributed by atoms with Gasteiger partial charge in [0.15, 0.2) is 18.7 Å². The third kappa shape index (κ3) is 10.1. The average Bonchev–Trinajstić information content (AvgIpc) is 3.21. The number of hydrogen-bond donors (Lipinski definition) is 8. The number of rotatable bonds is 14. The zero-order valence-corrected chi connectivity index (χ0v) is 31.3. The number of carbonyl (C=O) groups is 2. The van der Waals surface area contributed by atoms with Crippen LogP contribution in [0.25, 0.3) is 11.1 Å². The van der Waals surface area contributed by atoms with Gasteiger partial charge in [0.05, 0.1) is 18.8 Å². The summed E-state index contributed by atoms with van der Waals surface area (Å²) in [4.78, 5) is 25.6. The maximum Gasteiger partial charge on any atom is 0.332 e. The van der Waals surface area contributed by atoms with Crippen molar-refractivity contribution in [2.24, 2.45) is 5.92 Å². The Morgan fingerprint density at radius 3 is 2.12 bits per heavy atom. The molecule has 4 aliphatic rings. The first-order valence-corrected chi connectivity index (χ1v) is 19.5. The number of carbonyl (C=O) groups excluding carboxylic acids is 1. The molecule has 16 heteroatoms. The van der Waals surface area contributed by atoms with E-state index in [1.54, 1.807) is 12.1 Å². The van der Waals surface area contributed by atoms with Gasteiger partial charge < -0.3 is 69.5 Å². The zero-order chi connectivity index (χ0) is 39.9. The summed E-state index contributed by atoms with van der Waals surface area (Å²) in [5, 5.41) is 77.3. The third-order valence-electron chi connectivity index (χ3n) is 11.3. The van der Waals surface area contributed by atoms with Crippen LogP contribution < -0.4 is 5.32 Å². The molecule has 0 aromatic heterocycles. The zero-order valence-electron chi connectivity index (χ0n) is 31.3. The lowest BCUT2D eigenvalue weighted by Gasteiger charge is -2.47. The fraction of sp³-hybridized carbons (Fsp3) is 0.650. The van der Waals surface area contributed by atoms with Crippen molar-refractivity contribution in [2.75, 3.05) is 19.8 Å². The number of carboxylic acid groups (broad SMARTS) is 1. The maximum atomic E-state index is 13.3. The highest BCUT2D eigenvalue weighted by molar-refractivity contribution is 5.94. The lowest BCUT2D eigenvalue weighted by Crippen LogP contribution is -2.64. The molecule has 3 aliphatic heterocycles. The summed E-state index contributed by atoms with van der Waals surface area (Å²) in [6.07, 6.45) is -14.3. The summed E-state index contributed by atoms with van der Waals surface area (Å²) < 4.78 is 36.0. The molecule has 4 fully saturated rings. The number of amides is 1. The van der Waals surface area contributed by atoms with Gasteiger partial charge in [-0.1, -0.05) is 74.6 Å². The molecule has 0 spiro atoms. The molecule has 2 aromatic rings. The van der Waals surface area contributed by atoms with Crippen LogP contribution >= 0.6 is 0 Å². The molecule has 310 valence electrons. The first kappa shape index (κ1) is 42.5. The van der Waals surface area contributed by atoms with Gasteiger partial charge in [0.25, 0.3) is 5.91 Å². The van der Waals surface area contributed by atoms with Gasteiger partial charge in [-0.15, -0.1) is 0 Å². The second-order valence-corrected chi connectivity index (χ2v) is 15.2. The molecule has 56 heavy (non-hydrogen) atoms. The van der Waals surface area contributed by atoms with Crippen LogP contribution in [-0.2, 0) is 33.2 Å².